The summed E-state index contributed by atoms with van der Waals surface area (Å²) < 4.78 is 0. The molecule has 3 unspecified atom stereocenters. The molecule has 2 fully saturated rings. The van der Waals surface area contributed by atoms with Crippen LogP contribution in [0.4, 0.5) is 0 Å². The van der Waals surface area contributed by atoms with Crippen LogP contribution in [0.5, 0.6) is 5.75 Å². The average Bonchev–Trinajstić information content (AvgIpc) is 2.79. The van der Waals surface area contributed by atoms with Gasteiger partial charge in [-0.15, -0.1) is 0 Å². The van der Waals surface area contributed by atoms with Crippen molar-refractivity contribution < 1.29 is 39.3 Å². The molecule has 0 heterocycles. The third-order valence-corrected chi connectivity index (χ3v) is 10.3. The highest BCUT2D eigenvalue weighted by Crippen LogP contribution is 2.67. The molecule has 3 aliphatic rings. The highest BCUT2D eigenvalue weighted by Gasteiger charge is 2.80. The van der Waals surface area contributed by atoms with Gasteiger partial charge in [0.2, 0.25) is 0 Å². The Balaban J connectivity index is 2.10. The average molecular weight is 541 g/mol. The van der Waals surface area contributed by atoms with Gasteiger partial charge in [0, 0.05) is 22.3 Å². The first-order valence-corrected chi connectivity index (χ1v) is 13.6. The minimum absolute atomic E-state index is 0.0504. The Hall–Kier alpha value is -2.71. The number of aliphatic hydroxyl groups is 2. The van der Waals surface area contributed by atoms with Crippen LogP contribution in [-0.4, -0.2) is 55.9 Å². The van der Waals surface area contributed by atoms with Crippen LogP contribution in [-0.2, 0) is 24.6 Å². The normalized spacial score (nSPS) is 38.4. The number of benzene rings is 1. The van der Waals surface area contributed by atoms with Crippen molar-refractivity contribution >= 4 is 28.9 Å². The number of phenolic OH excluding ortho intramolecular Hbond substituents is 1. The minimum atomic E-state index is -2.96. The maximum absolute atomic E-state index is 14.5. The summed E-state index contributed by atoms with van der Waals surface area (Å²) in [6.07, 6.45) is -1.66. The fourth-order valence-corrected chi connectivity index (χ4v) is 8.30. The zero-order valence-electron chi connectivity index (χ0n) is 24.4. The molecule has 212 valence electrons. The van der Waals surface area contributed by atoms with Crippen molar-refractivity contribution in [3.8, 4) is 5.75 Å². The first-order chi connectivity index (χ1) is 17.6. The van der Waals surface area contributed by atoms with Crippen LogP contribution in [0, 0.1) is 41.4 Å². The van der Waals surface area contributed by atoms with Crippen molar-refractivity contribution in [2.24, 2.45) is 34.5 Å². The van der Waals surface area contributed by atoms with E-state index >= 15 is 0 Å². The molecular formula is C31H40O8. The highest BCUT2D eigenvalue weighted by atomic mass is 16.3. The standard InChI is InChI=1S/C31H40O8/c1-12(2)20-23(34)18(15(5)32)25(36)31(39)26(37)21-24(35)19-17(13(3)11-16(22(19)33)28(6,7)8)14(4)29(21,9)27(38)30(20,31)10/h11-12,14,18,20-21,27,33,38-39H,1-10H3/t14-,18?,20?,21?,27-,29+,30+,31+/m1/s1. The molecule has 8 atom stereocenters. The Labute approximate surface area is 229 Å². The first-order valence-electron chi connectivity index (χ1n) is 13.6. The number of aromatic hydroxyl groups is 1. The number of aryl methyl sites for hydroxylation is 1. The smallest absolute Gasteiger partial charge is 0.191 e. The molecule has 3 aliphatic carbocycles. The topological polar surface area (TPSA) is 146 Å². The van der Waals surface area contributed by atoms with Gasteiger partial charge in [0.05, 0.1) is 17.6 Å². The third kappa shape index (κ3) is 3.22. The number of carbonyl (C=O) groups excluding carboxylic acids is 5. The monoisotopic (exact) mass is 540 g/mol. The van der Waals surface area contributed by atoms with Gasteiger partial charge < -0.3 is 15.3 Å². The van der Waals surface area contributed by atoms with Crippen LogP contribution >= 0.6 is 0 Å². The van der Waals surface area contributed by atoms with Crippen LogP contribution < -0.4 is 0 Å². The summed E-state index contributed by atoms with van der Waals surface area (Å²) in [6.45, 7) is 16.5. The zero-order chi connectivity index (χ0) is 29.9. The van der Waals surface area contributed by atoms with Crippen molar-refractivity contribution in [2.45, 2.75) is 92.3 Å². The molecule has 0 spiro atoms. The summed E-state index contributed by atoms with van der Waals surface area (Å²) >= 11 is 0. The lowest BCUT2D eigenvalue weighted by Gasteiger charge is -2.65. The Morgan fingerprint density at radius 2 is 1.59 bits per heavy atom. The van der Waals surface area contributed by atoms with E-state index in [1.54, 1.807) is 40.7 Å². The lowest BCUT2D eigenvalue weighted by Crippen LogP contribution is -2.82. The highest BCUT2D eigenvalue weighted by molar-refractivity contribution is 6.33. The summed E-state index contributed by atoms with van der Waals surface area (Å²) in [5, 5.41) is 35.7. The predicted molar refractivity (Wildman–Crippen MR) is 142 cm³/mol. The van der Waals surface area contributed by atoms with E-state index in [-0.39, 0.29) is 11.3 Å². The Morgan fingerprint density at radius 3 is 2.05 bits per heavy atom. The molecule has 1 aromatic rings. The van der Waals surface area contributed by atoms with E-state index in [4.69, 9.17) is 0 Å². The summed E-state index contributed by atoms with van der Waals surface area (Å²) in [5.41, 5.74) is -5.39. The van der Waals surface area contributed by atoms with Crippen molar-refractivity contribution in [3.05, 3.63) is 28.3 Å². The molecule has 2 saturated carbocycles. The van der Waals surface area contributed by atoms with E-state index in [0.717, 1.165) is 6.92 Å². The second-order valence-electron chi connectivity index (χ2n) is 13.8. The maximum atomic E-state index is 14.5. The quantitative estimate of drug-likeness (QED) is 0.485. The first kappa shape index (κ1) is 29.3. The predicted octanol–water partition coefficient (Wildman–Crippen LogP) is 3.23. The molecular weight excluding hydrogens is 500 g/mol. The van der Waals surface area contributed by atoms with E-state index in [0.29, 0.717) is 16.7 Å². The van der Waals surface area contributed by atoms with Gasteiger partial charge in [-0.1, -0.05) is 61.5 Å². The van der Waals surface area contributed by atoms with Crippen LogP contribution in [0.1, 0.15) is 95.3 Å². The van der Waals surface area contributed by atoms with Gasteiger partial charge in [-0.2, -0.15) is 0 Å². The van der Waals surface area contributed by atoms with E-state index in [9.17, 15) is 39.3 Å². The molecule has 8 nitrogen and oxygen atoms in total. The van der Waals surface area contributed by atoms with Gasteiger partial charge >= 0.3 is 0 Å². The second kappa shape index (κ2) is 8.40. The Kier molecular flexibility index (Phi) is 6.30. The number of hydrogen-bond donors (Lipinski definition) is 3. The van der Waals surface area contributed by atoms with Crippen LogP contribution in [0.15, 0.2) is 6.07 Å². The zero-order valence-corrected chi connectivity index (χ0v) is 24.4. The molecule has 0 bridgehead atoms. The fraction of sp³-hybridized carbons (Fsp3) is 0.645. The lowest BCUT2D eigenvalue weighted by molar-refractivity contribution is -0.240. The summed E-state index contributed by atoms with van der Waals surface area (Å²) in [5.74, 6) is -11.0. The molecule has 1 aromatic carbocycles. The van der Waals surface area contributed by atoms with Crippen LogP contribution in [0.3, 0.4) is 0 Å². The number of hydrogen-bond acceptors (Lipinski definition) is 8. The summed E-state index contributed by atoms with van der Waals surface area (Å²) in [4.78, 5) is 68.7. The Bertz CT molecular complexity index is 1350. The Morgan fingerprint density at radius 1 is 1.05 bits per heavy atom. The number of fused-ring (bicyclic) bond motifs is 3. The van der Waals surface area contributed by atoms with Gasteiger partial charge in [-0.05, 0) is 42.2 Å². The summed E-state index contributed by atoms with van der Waals surface area (Å²) in [6, 6.07) is 1.80. The third-order valence-electron chi connectivity index (χ3n) is 10.3. The van der Waals surface area contributed by atoms with Gasteiger partial charge in [-0.25, -0.2) is 0 Å². The summed E-state index contributed by atoms with van der Waals surface area (Å²) in [7, 11) is 0. The second-order valence-corrected chi connectivity index (χ2v) is 13.8. The minimum Gasteiger partial charge on any atom is -0.507 e. The molecule has 8 heteroatoms. The molecule has 39 heavy (non-hydrogen) atoms. The van der Waals surface area contributed by atoms with Gasteiger partial charge in [0.25, 0.3) is 0 Å². The maximum Gasteiger partial charge on any atom is 0.191 e. The number of Topliss-reactive ketones (excluding diaryl/α,β-unsaturated/α-hetero) is 5. The molecule has 0 aliphatic heterocycles. The van der Waals surface area contributed by atoms with Crippen LogP contribution in [0.25, 0.3) is 0 Å². The lowest BCUT2D eigenvalue weighted by atomic mass is 9.37. The van der Waals surface area contributed by atoms with E-state index in [2.05, 4.69) is 0 Å². The van der Waals surface area contributed by atoms with E-state index < -0.39 is 86.5 Å². The molecule has 0 radical (unpaired) electrons. The van der Waals surface area contributed by atoms with E-state index in [1.165, 1.54) is 6.92 Å². The number of phenols is 1. The molecule has 3 N–H and O–H groups in total. The number of rotatable bonds is 2. The van der Waals surface area contributed by atoms with Crippen molar-refractivity contribution in [3.63, 3.8) is 0 Å². The van der Waals surface area contributed by atoms with Crippen LogP contribution in [0.2, 0.25) is 0 Å². The van der Waals surface area contributed by atoms with Crippen molar-refractivity contribution in [1.29, 1.82) is 0 Å². The van der Waals surface area contributed by atoms with Crippen molar-refractivity contribution in [2.75, 3.05) is 0 Å². The van der Waals surface area contributed by atoms with Gasteiger partial charge in [0.1, 0.15) is 17.5 Å². The number of carbonyl (C=O) groups is 5. The van der Waals surface area contributed by atoms with Crippen molar-refractivity contribution in [1.82, 2.24) is 0 Å². The number of aliphatic hydroxyl groups excluding tert-OH is 1. The van der Waals surface area contributed by atoms with Gasteiger partial charge in [-0.3, -0.25) is 24.0 Å². The largest absolute Gasteiger partial charge is 0.507 e. The van der Waals surface area contributed by atoms with Gasteiger partial charge in [0.15, 0.2) is 28.7 Å². The van der Waals surface area contributed by atoms with E-state index in [1.807, 2.05) is 20.8 Å². The molecule has 0 aromatic heterocycles. The fourth-order valence-electron chi connectivity index (χ4n) is 8.30. The SMILES string of the molecule is CC(=O)C1C(=O)C(C(C)C)[C@@]2(C)[C@H](O)[C@]3(C)C(C(=O)c4c(O)c(C(C)(C)C)cc(C)c4[C@H]3C)C(=O)[C@@]2(O)C1=O. The molecule has 0 amide bonds. The molecule has 4 rings (SSSR count). The molecule has 0 saturated heterocycles. The number of ketones is 5.